The number of H-pyrrole nitrogens is 1. The third-order valence-corrected chi connectivity index (χ3v) is 3.89. The molecule has 1 heterocycles. The molecule has 4 nitrogen and oxygen atoms in total. The minimum absolute atomic E-state index is 0.0628. The minimum Gasteiger partial charge on any atom is -0.344 e. The third kappa shape index (κ3) is 3.31. The van der Waals surface area contributed by atoms with Crippen LogP contribution in [0, 0.1) is 6.92 Å². The molecule has 4 heteroatoms. The van der Waals surface area contributed by atoms with Gasteiger partial charge in [0, 0.05) is 5.56 Å². The van der Waals surface area contributed by atoms with Crippen molar-refractivity contribution >= 4 is 5.91 Å². The Morgan fingerprint density at radius 1 is 1.09 bits per heavy atom. The van der Waals surface area contributed by atoms with E-state index in [1.807, 2.05) is 68.4 Å². The summed E-state index contributed by atoms with van der Waals surface area (Å²) in [6.45, 7) is 4.02. The summed E-state index contributed by atoms with van der Waals surface area (Å²) < 4.78 is 0. The van der Waals surface area contributed by atoms with Crippen molar-refractivity contribution in [2.45, 2.75) is 19.9 Å². The van der Waals surface area contributed by atoms with Crippen LogP contribution in [-0.2, 0) is 0 Å². The van der Waals surface area contributed by atoms with Gasteiger partial charge in [-0.05, 0) is 31.0 Å². The predicted octanol–water partition coefficient (Wildman–Crippen LogP) is 3.88. The number of benzene rings is 2. The van der Waals surface area contributed by atoms with Crippen LogP contribution in [0.2, 0.25) is 0 Å². The first-order valence-corrected chi connectivity index (χ1v) is 7.62. The van der Waals surface area contributed by atoms with Crippen molar-refractivity contribution in [1.29, 1.82) is 0 Å². The van der Waals surface area contributed by atoms with Crippen LogP contribution in [0.5, 0.6) is 0 Å². The van der Waals surface area contributed by atoms with Crippen LogP contribution in [0.15, 0.2) is 60.7 Å². The maximum atomic E-state index is 12.4. The molecule has 1 unspecified atom stereocenters. The molecule has 1 amide bonds. The molecule has 0 radical (unpaired) electrons. The first-order valence-electron chi connectivity index (χ1n) is 7.62. The Labute approximate surface area is 135 Å². The van der Waals surface area contributed by atoms with E-state index in [0.29, 0.717) is 5.69 Å². The number of carbonyl (C=O) groups is 1. The zero-order valence-corrected chi connectivity index (χ0v) is 13.2. The van der Waals surface area contributed by atoms with E-state index in [0.717, 1.165) is 22.4 Å². The Kier molecular flexibility index (Phi) is 4.24. The summed E-state index contributed by atoms with van der Waals surface area (Å²) in [5, 5.41) is 10.0. The fourth-order valence-corrected chi connectivity index (χ4v) is 2.62. The van der Waals surface area contributed by atoms with Gasteiger partial charge in [-0.15, -0.1) is 0 Å². The monoisotopic (exact) mass is 305 g/mol. The van der Waals surface area contributed by atoms with Gasteiger partial charge in [0.15, 0.2) is 0 Å². The second-order valence-electron chi connectivity index (χ2n) is 5.58. The lowest BCUT2D eigenvalue weighted by molar-refractivity contribution is 0.0934. The molecule has 1 aromatic heterocycles. The van der Waals surface area contributed by atoms with Crippen LogP contribution in [0.3, 0.4) is 0 Å². The molecular weight excluding hydrogens is 286 g/mol. The number of amides is 1. The van der Waals surface area contributed by atoms with Crippen molar-refractivity contribution in [1.82, 2.24) is 15.5 Å². The molecule has 0 saturated heterocycles. The van der Waals surface area contributed by atoms with Crippen molar-refractivity contribution in [3.63, 3.8) is 0 Å². The number of hydrogen-bond donors (Lipinski definition) is 2. The van der Waals surface area contributed by atoms with Gasteiger partial charge in [-0.1, -0.05) is 54.6 Å². The van der Waals surface area contributed by atoms with Crippen LogP contribution in [-0.4, -0.2) is 16.1 Å². The van der Waals surface area contributed by atoms with Crippen molar-refractivity contribution < 1.29 is 4.79 Å². The molecule has 3 rings (SSSR count). The Balaban J connectivity index is 1.74. The van der Waals surface area contributed by atoms with Crippen LogP contribution in [0.1, 0.15) is 34.6 Å². The summed E-state index contributed by atoms with van der Waals surface area (Å²) in [6.07, 6.45) is 0. The first kappa shape index (κ1) is 15.0. The Hall–Kier alpha value is -2.88. The van der Waals surface area contributed by atoms with Gasteiger partial charge in [0.05, 0.1) is 11.7 Å². The minimum atomic E-state index is -0.157. The van der Waals surface area contributed by atoms with Crippen LogP contribution in [0.25, 0.3) is 11.3 Å². The SMILES string of the molecule is Cc1ccccc1C(C)NC(=O)c1cc(-c2ccccc2)n[nH]1. The lowest BCUT2D eigenvalue weighted by Gasteiger charge is -2.15. The molecule has 0 saturated carbocycles. The fourth-order valence-electron chi connectivity index (χ4n) is 2.62. The number of nitrogens with zero attached hydrogens (tertiary/aromatic N) is 1. The van der Waals surface area contributed by atoms with Gasteiger partial charge in [0.1, 0.15) is 5.69 Å². The predicted molar refractivity (Wildman–Crippen MR) is 91.1 cm³/mol. The Morgan fingerprint density at radius 2 is 1.78 bits per heavy atom. The number of aromatic nitrogens is 2. The Morgan fingerprint density at radius 3 is 2.52 bits per heavy atom. The zero-order chi connectivity index (χ0) is 16.2. The number of aryl methyl sites for hydroxylation is 1. The highest BCUT2D eigenvalue weighted by Crippen LogP contribution is 2.19. The third-order valence-electron chi connectivity index (χ3n) is 3.89. The fraction of sp³-hybridized carbons (Fsp3) is 0.158. The zero-order valence-electron chi connectivity index (χ0n) is 13.2. The summed E-state index contributed by atoms with van der Waals surface area (Å²) in [4.78, 5) is 12.4. The number of nitrogens with one attached hydrogen (secondary N) is 2. The van der Waals surface area contributed by atoms with Gasteiger partial charge in [-0.3, -0.25) is 9.89 Å². The van der Waals surface area contributed by atoms with Gasteiger partial charge in [0.25, 0.3) is 5.91 Å². The van der Waals surface area contributed by atoms with Gasteiger partial charge in [-0.25, -0.2) is 0 Å². The molecule has 3 aromatic rings. The maximum Gasteiger partial charge on any atom is 0.269 e. The van der Waals surface area contributed by atoms with Crippen LogP contribution >= 0.6 is 0 Å². The van der Waals surface area contributed by atoms with E-state index >= 15 is 0 Å². The van der Waals surface area contributed by atoms with Gasteiger partial charge < -0.3 is 5.32 Å². The highest BCUT2D eigenvalue weighted by atomic mass is 16.2. The molecular formula is C19H19N3O. The van der Waals surface area contributed by atoms with E-state index in [2.05, 4.69) is 15.5 Å². The van der Waals surface area contributed by atoms with Crippen molar-refractivity contribution in [3.8, 4) is 11.3 Å². The van der Waals surface area contributed by atoms with E-state index in [-0.39, 0.29) is 11.9 Å². The molecule has 0 bridgehead atoms. The number of rotatable bonds is 4. The van der Waals surface area contributed by atoms with E-state index in [9.17, 15) is 4.79 Å². The second-order valence-corrected chi connectivity index (χ2v) is 5.58. The average molecular weight is 305 g/mol. The highest BCUT2D eigenvalue weighted by Gasteiger charge is 2.15. The van der Waals surface area contributed by atoms with Gasteiger partial charge in [-0.2, -0.15) is 5.10 Å². The number of hydrogen-bond acceptors (Lipinski definition) is 2. The van der Waals surface area contributed by atoms with Gasteiger partial charge >= 0.3 is 0 Å². The quantitative estimate of drug-likeness (QED) is 0.768. The lowest BCUT2D eigenvalue weighted by Crippen LogP contribution is -2.27. The highest BCUT2D eigenvalue weighted by molar-refractivity contribution is 5.93. The molecule has 1 atom stereocenters. The van der Waals surface area contributed by atoms with Crippen LogP contribution in [0.4, 0.5) is 0 Å². The van der Waals surface area contributed by atoms with E-state index in [1.54, 1.807) is 6.07 Å². The van der Waals surface area contributed by atoms with E-state index < -0.39 is 0 Å². The van der Waals surface area contributed by atoms with Crippen molar-refractivity contribution in [3.05, 3.63) is 77.5 Å². The molecule has 0 fully saturated rings. The number of carbonyl (C=O) groups excluding carboxylic acids is 1. The van der Waals surface area contributed by atoms with Crippen molar-refractivity contribution in [2.75, 3.05) is 0 Å². The van der Waals surface area contributed by atoms with Crippen LogP contribution < -0.4 is 5.32 Å². The average Bonchev–Trinajstić information content (AvgIpc) is 3.06. The first-order chi connectivity index (χ1) is 11.1. The lowest BCUT2D eigenvalue weighted by atomic mass is 10.0. The summed E-state index contributed by atoms with van der Waals surface area (Å²) in [7, 11) is 0. The molecule has 0 aliphatic rings. The molecule has 2 aromatic carbocycles. The maximum absolute atomic E-state index is 12.4. The molecule has 0 spiro atoms. The van der Waals surface area contributed by atoms with E-state index in [4.69, 9.17) is 0 Å². The summed E-state index contributed by atoms with van der Waals surface area (Å²) in [6, 6.07) is 19.5. The smallest absolute Gasteiger partial charge is 0.269 e. The normalized spacial score (nSPS) is 11.9. The van der Waals surface area contributed by atoms with Gasteiger partial charge in [0.2, 0.25) is 0 Å². The summed E-state index contributed by atoms with van der Waals surface area (Å²) in [5.74, 6) is -0.157. The van der Waals surface area contributed by atoms with Crippen molar-refractivity contribution in [2.24, 2.45) is 0 Å². The molecule has 0 aliphatic heterocycles. The Bertz CT molecular complexity index is 808. The molecule has 23 heavy (non-hydrogen) atoms. The largest absolute Gasteiger partial charge is 0.344 e. The molecule has 0 aliphatic carbocycles. The second kappa shape index (κ2) is 6.48. The molecule has 2 N–H and O–H groups in total. The topological polar surface area (TPSA) is 57.8 Å². The summed E-state index contributed by atoms with van der Waals surface area (Å²) in [5.41, 5.74) is 4.48. The van der Waals surface area contributed by atoms with E-state index in [1.165, 1.54) is 0 Å². The number of aromatic amines is 1. The summed E-state index contributed by atoms with van der Waals surface area (Å²) >= 11 is 0. The molecule has 116 valence electrons. The standard InChI is InChI=1S/C19H19N3O/c1-13-8-6-7-11-16(13)14(2)20-19(23)18-12-17(21-22-18)15-9-4-3-5-10-15/h3-12,14H,1-2H3,(H,20,23)(H,21,22).